The van der Waals surface area contributed by atoms with Crippen molar-refractivity contribution < 1.29 is 4.74 Å². The first-order chi connectivity index (χ1) is 13.7. The van der Waals surface area contributed by atoms with Crippen molar-refractivity contribution in [3.63, 3.8) is 0 Å². The summed E-state index contributed by atoms with van der Waals surface area (Å²) in [5.74, 6) is 0.924. The van der Waals surface area contributed by atoms with Crippen LogP contribution in [0.4, 0.5) is 5.82 Å². The van der Waals surface area contributed by atoms with Crippen LogP contribution < -0.4 is 4.90 Å². The number of hydrogen-bond acceptors (Lipinski definition) is 6. The van der Waals surface area contributed by atoms with Gasteiger partial charge in [0.25, 0.3) is 0 Å². The number of pyridine rings is 2. The summed E-state index contributed by atoms with van der Waals surface area (Å²) >= 11 is 0. The first-order valence-electron chi connectivity index (χ1n) is 9.34. The number of aromatic nitrogens is 6. The lowest BCUT2D eigenvalue weighted by Gasteiger charge is -2.34. The number of nitrogens with zero attached hydrogens (tertiary/aromatic N) is 6. The van der Waals surface area contributed by atoms with Crippen molar-refractivity contribution in [3.8, 4) is 22.6 Å². The predicted octanol–water partition coefficient (Wildman–Crippen LogP) is 3.07. The van der Waals surface area contributed by atoms with Gasteiger partial charge in [-0.1, -0.05) is 0 Å². The summed E-state index contributed by atoms with van der Waals surface area (Å²) < 4.78 is 7.50. The van der Waals surface area contributed by atoms with E-state index >= 15 is 0 Å². The number of ether oxygens (including phenoxy) is 1. The fraction of sp³-hybridized carbons (Fsp3) is 0.300. The monoisotopic (exact) mass is 411 g/mol. The standard InChI is InChI=1S/C20H21N7O.ClH/c1-13-12-28-10-9-27(13)18-11-15(17-5-8-23-26(17)2)14-3-6-21-20(19(14)24-18)16-4-7-22-25-16;/h3-8,11,13H,9-10,12H2,1-2H3,(H,22,25);1H/t13-;/m1./s1. The second-order valence-electron chi connectivity index (χ2n) is 7.01. The Labute approximate surface area is 174 Å². The summed E-state index contributed by atoms with van der Waals surface area (Å²) in [6.07, 6.45) is 5.36. The fourth-order valence-electron chi connectivity index (χ4n) is 3.79. The minimum absolute atomic E-state index is 0. The van der Waals surface area contributed by atoms with Gasteiger partial charge in [0.15, 0.2) is 0 Å². The second kappa shape index (κ2) is 7.81. The van der Waals surface area contributed by atoms with Gasteiger partial charge in [-0.15, -0.1) is 12.4 Å². The molecule has 5 rings (SSSR count). The van der Waals surface area contributed by atoms with Crippen LogP contribution in [0.5, 0.6) is 0 Å². The molecular weight excluding hydrogens is 390 g/mol. The molecular formula is C20H22ClN7O. The molecule has 0 bridgehead atoms. The van der Waals surface area contributed by atoms with E-state index < -0.39 is 0 Å². The summed E-state index contributed by atoms with van der Waals surface area (Å²) in [4.78, 5) is 11.9. The minimum Gasteiger partial charge on any atom is -0.377 e. The molecule has 8 nitrogen and oxygen atoms in total. The molecule has 0 radical (unpaired) electrons. The van der Waals surface area contributed by atoms with Crippen molar-refractivity contribution in [2.45, 2.75) is 13.0 Å². The molecule has 4 aromatic rings. The zero-order valence-corrected chi connectivity index (χ0v) is 17.1. The first kappa shape index (κ1) is 19.4. The minimum atomic E-state index is 0. The Morgan fingerprint density at radius 3 is 2.79 bits per heavy atom. The number of aryl methyl sites for hydroxylation is 1. The lowest BCUT2D eigenvalue weighted by Crippen LogP contribution is -2.44. The van der Waals surface area contributed by atoms with Gasteiger partial charge < -0.3 is 9.64 Å². The van der Waals surface area contributed by atoms with E-state index in [1.807, 2.05) is 42.3 Å². The van der Waals surface area contributed by atoms with Crippen LogP contribution in [-0.4, -0.2) is 55.7 Å². The van der Waals surface area contributed by atoms with Crippen molar-refractivity contribution in [3.05, 3.63) is 42.9 Å². The third-order valence-corrected chi connectivity index (χ3v) is 5.23. The van der Waals surface area contributed by atoms with E-state index in [0.717, 1.165) is 45.9 Å². The number of aromatic amines is 1. The zero-order chi connectivity index (χ0) is 19.1. The lowest BCUT2D eigenvalue weighted by atomic mass is 10.0. The maximum Gasteiger partial charge on any atom is 0.130 e. The molecule has 1 N–H and O–H groups in total. The molecule has 1 atom stereocenters. The Kier molecular flexibility index (Phi) is 5.21. The van der Waals surface area contributed by atoms with Gasteiger partial charge in [-0.2, -0.15) is 10.2 Å². The number of anilines is 1. The van der Waals surface area contributed by atoms with Crippen molar-refractivity contribution >= 4 is 29.1 Å². The number of rotatable bonds is 3. The Bertz CT molecular complexity index is 1130. The Hall–Kier alpha value is -2.97. The predicted molar refractivity (Wildman–Crippen MR) is 114 cm³/mol. The fourth-order valence-corrected chi connectivity index (χ4v) is 3.79. The highest BCUT2D eigenvalue weighted by Crippen LogP contribution is 2.35. The third kappa shape index (κ3) is 3.34. The molecule has 1 aliphatic heterocycles. The van der Waals surface area contributed by atoms with Crippen LogP contribution in [0, 0.1) is 0 Å². The van der Waals surface area contributed by atoms with Gasteiger partial charge in [-0.3, -0.25) is 14.8 Å². The highest BCUT2D eigenvalue weighted by atomic mass is 35.5. The van der Waals surface area contributed by atoms with Crippen LogP contribution in [-0.2, 0) is 11.8 Å². The summed E-state index contributed by atoms with van der Waals surface area (Å²) in [6, 6.07) is 8.36. The average Bonchev–Trinajstić information content (AvgIpc) is 3.39. The molecule has 5 heterocycles. The van der Waals surface area contributed by atoms with E-state index in [-0.39, 0.29) is 18.4 Å². The molecule has 9 heteroatoms. The molecule has 0 amide bonds. The Morgan fingerprint density at radius 2 is 2.07 bits per heavy atom. The summed E-state index contributed by atoms with van der Waals surface area (Å²) in [5.41, 5.74) is 4.61. The molecule has 150 valence electrons. The van der Waals surface area contributed by atoms with E-state index in [1.54, 1.807) is 6.20 Å². The van der Waals surface area contributed by atoms with Crippen molar-refractivity contribution in [2.24, 2.45) is 7.05 Å². The molecule has 0 saturated carbocycles. The van der Waals surface area contributed by atoms with Gasteiger partial charge in [0.2, 0.25) is 0 Å². The quantitative estimate of drug-likeness (QED) is 0.557. The van der Waals surface area contributed by atoms with E-state index in [0.29, 0.717) is 13.2 Å². The van der Waals surface area contributed by atoms with Gasteiger partial charge in [-0.25, -0.2) is 4.98 Å². The molecule has 0 aliphatic carbocycles. The molecule has 1 aliphatic rings. The summed E-state index contributed by atoms with van der Waals surface area (Å²) in [5, 5.41) is 12.5. The molecule has 1 saturated heterocycles. The van der Waals surface area contributed by atoms with Gasteiger partial charge in [-0.05, 0) is 31.2 Å². The van der Waals surface area contributed by atoms with E-state index in [1.165, 1.54) is 0 Å². The number of halogens is 1. The number of H-pyrrole nitrogens is 1. The molecule has 0 unspecified atom stereocenters. The molecule has 1 fully saturated rings. The van der Waals surface area contributed by atoms with E-state index in [2.05, 4.69) is 38.2 Å². The van der Waals surface area contributed by atoms with Crippen LogP contribution in [0.25, 0.3) is 33.5 Å². The summed E-state index contributed by atoms with van der Waals surface area (Å²) in [7, 11) is 1.95. The number of nitrogens with one attached hydrogen (secondary N) is 1. The highest BCUT2D eigenvalue weighted by molar-refractivity contribution is 6.01. The molecule has 0 aromatic carbocycles. The SMILES string of the molecule is C[C@@H]1COCCN1c1cc(-c2ccnn2C)c2ccnc(-c3ccn[nH]3)c2n1.Cl. The van der Waals surface area contributed by atoms with Gasteiger partial charge >= 0.3 is 0 Å². The van der Waals surface area contributed by atoms with E-state index in [9.17, 15) is 0 Å². The number of hydrogen-bond donors (Lipinski definition) is 1. The number of fused-ring (bicyclic) bond motifs is 1. The van der Waals surface area contributed by atoms with Crippen LogP contribution in [0.1, 0.15) is 6.92 Å². The molecule has 29 heavy (non-hydrogen) atoms. The van der Waals surface area contributed by atoms with Crippen LogP contribution in [0.3, 0.4) is 0 Å². The Morgan fingerprint density at radius 1 is 1.17 bits per heavy atom. The van der Waals surface area contributed by atoms with Crippen molar-refractivity contribution in [1.82, 2.24) is 29.9 Å². The maximum absolute atomic E-state index is 5.62. The topological polar surface area (TPSA) is 84.8 Å². The second-order valence-corrected chi connectivity index (χ2v) is 7.01. The highest BCUT2D eigenvalue weighted by Gasteiger charge is 2.23. The van der Waals surface area contributed by atoms with Gasteiger partial charge in [0.1, 0.15) is 17.0 Å². The lowest BCUT2D eigenvalue weighted by molar-refractivity contribution is 0.0986. The number of morpholine rings is 1. The van der Waals surface area contributed by atoms with Crippen LogP contribution in [0.2, 0.25) is 0 Å². The van der Waals surface area contributed by atoms with Crippen LogP contribution in [0.15, 0.2) is 42.9 Å². The average molecular weight is 412 g/mol. The van der Waals surface area contributed by atoms with Crippen molar-refractivity contribution in [2.75, 3.05) is 24.7 Å². The Balaban J connectivity index is 0.00000205. The van der Waals surface area contributed by atoms with Gasteiger partial charge in [0.05, 0.1) is 30.6 Å². The normalized spacial score (nSPS) is 16.8. The molecule has 0 spiro atoms. The zero-order valence-electron chi connectivity index (χ0n) is 16.2. The largest absolute Gasteiger partial charge is 0.377 e. The van der Waals surface area contributed by atoms with Crippen LogP contribution >= 0.6 is 12.4 Å². The first-order valence-corrected chi connectivity index (χ1v) is 9.34. The maximum atomic E-state index is 5.62. The smallest absolute Gasteiger partial charge is 0.130 e. The van der Waals surface area contributed by atoms with Gasteiger partial charge in [0, 0.05) is 43.1 Å². The van der Waals surface area contributed by atoms with Crippen molar-refractivity contribution in [1.29, 1.82) is 0 Å². The molecule has 4 aromatic heterocycles. The third-order valence-electron chi connectivity index (χ3n) is 5.23. The van der Waals surface area contributed by atoms with E-state index in [4.69, 9.17) is 9.72 Å². The summed E-state index contributed by atoms with van der Waals surface area (Å²) in [6.45, 7) is 4.37.